The topological polar surface area (TPSA) is 59.8 Å². The summed E-state index contributed by atoms with van der Waals surface area (Å²) in [4.78, 5) is 10.9. The van der Waals surface area contributed by atoms with E-state index in [0.717, 1.165) is 5.69 Å². The Kier molecular flexibility index (Phi) is 3.25. The Morgan fingerprint density at radius 1 is 1.85 bits per heavy atom. The second kappa shape index (κ2) is 4.23. The first-order valence-corrected chi connectivity index (χ1v) is 4.38. The number of hydrogen-bond donors (Lipinski definition) is 1. The molecular formula is C7H11ClN4O. The molecule has 1 aromatic heterocycles. The van der Waals surface area contributed by atoms with Gasteiger partial charge in [-0.3, -0.25) is 9.48 Å². The summed E-state index contributed by atoms with van der Waals surface area (Å²) in [7, 11) is 1.77. The molecule has 0 fully saturated rings. The van der Waals surface area contributed by atoms with Gasteiger partial charge in [0, 0.05) is 7.05 Å². The van der Waals surface area contributed by atoms with E-state index < -0.39 is 0 Å². The molecule has 1 rings (SSSR count). The Morgan fingerprint density at radius 3 is 3.00 bits per heavy atom. The molecule has 0 spiro atoms. The molecule has 0 aliphatic heterocycles. The first-order valence-electron chi connectivity index (χ1n) is 3.85. The van der Waals surface area contributed by atoms with Crippen LogP contribution >= 0.6 is 11.6 Å². The van der Waals surface area contributed by atoms with Crippen LogP contribution in [0.1, 0.15) is 18.7 Å². The molecule has 0 aliphatic carbocycles. The molecule has 13 heavy (non-hydrogen) atoms. The number of carbonyl (C=O) groups is 1. The largest absolute Gasteiger partial charge is 0.347 e. The van der Waals surface area contributed by atoms with Gasteiger partial charge in [-0.2, -0.15) is 0 Å². The van der Waals surface area contributed by atoms with Crippen LogP contribution in [-0.4, -0.2) is 26.8 Å². The average Bonchev–Trinajstić information content (AvgIpc) is 2.51. The minimum Gasteiger partial charge on any atom is -0.347 e. The van der Waals surface area contributed by atoms with E-state index in [-0.39, 0.29) is 17.8 Å². The van der Waals surface area contributed by atoms with E-state index in [9.17, 15) is 4.79 Å². The smallest absolute Gasteiger partial charge is 0.235 e. The van der Waals surface area contributed by atoms with E-state index in [2.05, 4.69) is 15.6 Å². The van der Waals surface area contributed by atoms with E-state index in [1.807, 2.05) is 6.92 Å². The molecule has 1 atom stereocenters. The van der Waals surface area contributed by atoms with Crippen LogP contribution in [0.25, 0.3) is 0 Å². The second-order valence-electron chi connectivity index (χ2n) is 2.71. The van der Waals surface area contributed by atoms with Crippen molar-refractivity contribution in [2.75, 3.05) is 5.88 Å². The fraction of sp³-hybridized carbons (Fsp3) is 0.571. The Bertz CT molecular complexity index is 298. The van der Waals surface area contributed by atoms with Crippen LogP contribution < -0.4 is 5.32 Å². The van der Waals surface area contributed by atoms with Crippen LogP contribution in [0, 0.1) is 0 Å². The maximum atomic E-state index is 10.9. The van der Waals surface area contributed by atoms with Crippen LogP contribution in [0.15, 0.2) is 6.20 Å². The number of alkyl halides is 1. The summed E-state index contributed by atoms with van der Waals surface area (Å²) in [6.07, 6.45) is 1.61. The van der Waals surface area contributed by atoms with Gasteiger partial charge in [0.15, 0.2) is 0 Å². The molecule has 0 radical (unpaired) electrons. The quantitative estimate of drug-likeness (QED) is 0.714. The van der Waals surface area contributed by atoms with Crippen molar-refractivity contribution in [2.45, 2.75) is 13.0 Å². The number of nitrogens with zero attached hydrogens (tertiary/aromatic N) is 3. The predicted octanol–water partition coefficient (Wildman–Crippen LogP) is 0.231. The highest BCUT2D eigenvalue weighted by Crippen LogP contribution is 2.08. The molecule has 5 nitrogen and oxygen atoms in total. The number of nitrogens with one attached hydrogen (secondary N) is 1. The molecule has 0 aromatic carbocycles. The molecule has 0 saturated carbocycles. The molecule has 0 unspecified atom stereocenters. The zero-order chi connectivity index (χ0) is 9.84. The molecule has 6 heteroatoms. The third-order valence-corrected chi connectivity index (χ3v) is 1.93. The van der Waals surface area contributed by atoms with Crippen molar-refractivity contribution in [3.05, 3.63) is 11.9 Å². The summed E-state index contributed by atoms with van der Waals surface area (Å²) in [6.45, 7) is 1.85. The van der Waals surface area contributed by atoms with E-state index in [1.165, 1.54) is 0 Å². The van der Waals surface area contributed by atoms with Crippen molar-refractivity contribution < 1.29 is 4.79 Å². The van der Waals surface area contributed by atoms with Gasteiger partial charge in [-0.25, -0.2) is 0 Å². The molecule has 72 valence electrons. The van der Waals surface area contributed by atoms with Crippen LogP contribution in [-0.2, 0) is 11.8 Å². The molecule has 1 N–H and O–H groups in total. The number of aryl methyl sites for hydroxylation is 1. The van der Waals surface area contributed by atoms with Gasteiger partial charge in [0.25, 0.3) is 0 Å². The number of aromatic nitrogens is 3. The summed E-state index contributed by atoms with van der Waals surface area (Å²) >= 11 is 5.35. The summed E-state index contributed by atoms with van der Waals surface area (Å²) < 4.78 is 1.61. The highest BCUT2D eigenvalue weighted by atomic mass is 35.5. The molecule has 0 saturated heterocycles. The zero-order valence-electron chi connectivity index (χ0n) is 7.49. The van der Waals surface area contributed by atoms with Gasteiger partial charge in [0.2, 0.25) is 5.91 Å². The average molecular weight is 203 g/mol. The standard InChI is InChI=1S/C7H11ClN4O/c1-5(10-7(13)3-8)6-4-9-11-12(6)2/h4-5H,3H2,1-2H3,(H,10,13)/t5-/m0/s1. The predicted molar refractivity (Wildman–Crippen MR) is 48.3 cm³/mol. The van der Waals surface area contributed by atoms with Gasteiger partial charge < -0.3 is 5.32 Å². The fourth-order valence-electron chi connectivity index (χ4n) is 1.04. The summed E-state index contributed by atoms with van der Waals surface area (Å²) in [6, 6.07) is -0.119. The Labute approximate surface area is 81.1 Å². The summed E-state index contributed by atoms with van der Waals surface area (Å²) in [5, 5.41) is 10.2. The van der Waals surface area contributed by atoms with Gasteiger partial charge in [0.05, 0.1) is 17.9 Å². The number of amides is 1. The Hall–Kier alpha value is -1.10. The van der Waals surface area contributed by atoms with E-state index in [1.54, 1.807) is 17.9 Å². The lowest BCUT2D eigenvalue weighted by atomic mass is 10.2. The maximum absolute atomic E-state index is 10.9. The van der Waals surface area contributed by atoms with Crippen LogP contribution in [0.4, 0.5) is 0 Å². The monoisotopic (exact) mass is 202 g/mol. The highest BCUT2D eigenvalue weighted by molar-refractivity contribution is 6.27. The van der Waals surface area contributed by atoms with Crippen LogP contribution in [0.5, 0.6) is 0 Å². The second-order valence-corrected chi connectivity index (χ2v) is 2.97. The summed E-state index contributed by atoms with van der Waals surface area (Å²) in [5.41, 5.74) is 0.846. The highest BCUT2D eigenvalue weighted by Gasteiger charge is 2.11. The van der Waals surface area contributed by atoms with Gasteiger partial charge in [-0.15, -0.1) is 16.7 Å². The Morgan fingerprint density at radius 2 is 2.54 bits per heavy atom. The third-order valence-electron chi connectivity index (χ3n) is 1.69. The third kappa shape index (κ3) is 2.42. The summed E-state index contributed by atoms with van der Waals surface area (Å²) in [5.74, 6) is -0.231. The normalized spacial score (nSPS) is 12.5. The van der Waals surface area contributed by atoms with E-state index >= 15 is 0 Å². The van der Waals surface area contributed by atoms with Crippen LogP contribution in [0.2, 0.25) is 0 Å². The lowest BCUT2D eigenvalue weighted by molar-refractivity contribution is -0.119. The van der Waals surface area contributed by atoms with Crippen molar-refractivity contribution in [2.24, 2.45) is 7.05 Å². The fourth-order valence-corrected chi connectivity index (χ4v) is 1.12. The number of rotatable bonds is 3. The minimum atomic E-state index is -0.199. The van der Waals surface area contributed by atoms with E-state index in [4.69, 9.17) is 11.6 Å². The van der Waals surface area contributed by atoms with Crippen molar-refractivity contribution in [3.63, 3.8) is 0 Å². The number of halogens is 1. The SMILES string of the molecule is C[C@H](NC(=O)CCl)c1cnnn1C. The number of hydrogen-bond acceptors (Lipinski definition) is 3. The molecule has 0 aliphatic rings. The lowest BCUT2D eigenvalue weighted by Crippen LogP contribution is -2.28. The zero-order valence-corrected chi connectivity index (χ0v) is 8.25. The van der Waals surface area contributed by atoms with E-state index in [0.29, 0.717) is 0 Å². The van der Waals surface area contributed by atoms with Gasteiger partial charge >= 0.3 is 0 Å². The minimum absolute atomic E-state index is 0.0321. The molecular weight excluding hydrogens is 192 g/mol. The number of carbonyl (C=O) groups excluding carboxylic acids is 1. The van der Waals surface area contributed by atoms with Crippen molar-refractivity contribution in [1.82, 2.24) is 20.3 Å². The van der Waals surface area contributed by atoms with Crippen LogP contribution in [0.3, 0.4) is 0 Å². The maximum Gasteiger partial charge on any atom is 0.235 e. The molecule has 0 bridgehead atoms. The molecule has 1 aromatic rings. The van der Waals surface area contributed by atoms with Crippen molar-refractivity contribution in [1.29, 1.82) is 0 Å². The first kappa shape index (κ1) is 9.98. The first-order chi connectivity index (χ1) is 6.15. The van der Waals surface area contributed by atoms with Gasteiger partial charge in [-0.05, 0) is 6.92 Å². The van der Waals surface area contributed by atoms with Gasteiger partial charge in [0.1, 0.15) is 5.88 Å². The molecule has 1 amide bonds. The van der Waals surface area contributed by atoms with Crippen molar-refractivity contribution in [3.8, 4) is 0 Å². The molecule has 1 heterocycles. The lowest BCUT2D eigenvalue weighted by Gasteiger charge is -2.11. The van der Waals surface area contributed by atoms with Gasteiger partial charge in [-0.1, -0.05) is 5.21 Å². The van der Waals surface area contributed by atoms with Crippen molar-refractivity contribution >= 4 is 17.5 Å². The Balaban J connectivity index is 2.63.